The number of methoxy groups -OCH3 is 1. The van der Waals surface area contributed by atoms with Crippen molar-refractivity contribution < 1.29 is 14.5 Å². The van der Waals surface area contributed by atoms with Crippen molar-refractivity contribution >= 4 is 23.3 Å². The number of nitrogens with zero attached hydrogens (tertiary/aromatic N) is 5. The topological polar surface area (TPSA) is 103 Å². The molecular weight excluding hydrogens is 362 g/mol. The van der Waals surface area contributed by atoms with Gasteiger partial charge in [-0.25, -0.2) is 4.98 Å². The average Bonchev–Trinajstić information content (AvgIpc) is 3.17. The summed E-state index contributed by atoms with van der Waals surface area (Å²) in [5, 5.41) is 15.6. The monoisotopic (exact) mass is 381 g/mol. The quantitative estimate of drug-likeness (QED) is 0.388. The Morgan fingerprint density at radius 2 is 2.00 bits per heavy atom. The van der Waals surface area contributed by atoms with E-state index < -0.39 is 4.92 Å². The van der Waals surface area contributed by atoms with E-state index in [-0.39, 0.29) is 23.6 Å². The third-order valence-electron chi connectivity index (χ3n) is 5.10. The molecule has 0 aliphatic carbocycles. The largest absolute Gasteiger partial charge is 0.469 e. The number of aromatic nitrogens is 3. The number of nitro groups is 1. The second kappa shape index (κ2) is 7.26. The lowest BCUT2D eigenvalue weighted by atomic mass is 9.84. The van der Waals surface area contributed by atoms with Crippen LogP contribution in [0.15, 0.2) is 48.7 Å². The maximum atomic E-state index is 12.3. The molecule has 28 heavy (non-hydrogen) atoms. The number of carbonyl (C=O) groups is 1. The number of carbonyl (C=O) groups excluding carboxylic acids is 1. The number of benzene rings is 1. The van der Waals surface area contributed by atoms with Gasteiger partial charge in [0.05, 0.1) is 13.0 Å². The number of rotatable bonds is 4. The molecule has 9 heteroatoms. The van der Waals surface area contributed by atoms with Crippen molar-refractivity contribution in [3.8, 4) is 0 Å². The molecule has 1 aliphatic rings. The van der Waals surface area contributed by atoms with Crippen LogP contribution in [0.4, 0.5) is 11.6 Å². The number of ether oxygens (including phenoxy) is 1. The first-order valence-electron chi connectivity index (χ1n) is 8.93. The zero-order valence-electron chi connectivity index (χ0n) is 15.3. The molecule has 0 N–H and O–H groups in total. The van der Waals surface area contributed by atoms with Crippen molar-refractivity contribution in [1.29, 1.82) is 0 Å². The summed E-state index contributed by atoms with van der Waals surface area (Å²) in [4.78, 5) is 28.9. The van der Waals surface area contributed by atoms with Crippen molar-refractivity contribution in [2.24, 2.45) is 5.92 Å². The normalized spacial score (nSPS) is 19.5. The Hall–Kier alpha value is -3.49. The highest BCUT2D eigenvalue weighted by atomic mass is 16.6. The van der Waals surface area contributed by atoms with Gasteiger partial charge in [-0.3, -0.25) is 4.79 Å². The highest BCUT2D eigenvalue weighted by molar-refractivity contribution is 5.73. The lowest BCUT2D eigenvalue weighted by Gasteiger charge is -2.37. The number of piperidine rings is 1. The molecule has 144 valence electrons. The zero-order valence-corrected chi connectivity index (χ0v) is 15.3. The number of esters is 1. The molecule has 4 rings (SSSR count). The van der Waals surface area contributed by atoms with E-state index >= 15 is 0 Å². The van der Waals surface area contributed by atoms with Gasteiger partial charge in [-0.15, -0.1) is 0 Å². The standard InChI is InChI=1S/C19H19N5O4/c1-28-19(25)15-9-14(13-5-3-2-4-6-13)11-22(12-15)17-8-7-16-20-10-18(24(26)27)23(16)21-17/h2-8,10,14-15H,9,11-12H2,1H3. The van der Waals surface area contributed by atoms with E-state index in [1.165, 1.54) is 17.8 Å². The summed E-state index contributed by atoms with van der Waals surface area (Å²) in [6.07, 6.45) is 1.87. The van der Waals surface area contributed by atoms with Gasteiger partial charge in [-0.1, -0.05) is 39.9 Å². The molecule has 2 unspecified atom stereocenters. The average molecular weight is 381 g/mol. The third-order valence-corrected chi connectivity index (χ3v) is 5.10. The molecule has 0 saturated carbocycles. The molecule has 3 aromatic rings. The number of imidazole rings is 1. The van der Waals surface area contributed by atoms with Gasteiger partial charge in [0.25, 0.3) is 0 Å². The second-order valence-corrected chi connectivity index (χ2v) is 6.80. The smallest absolute Gasteiger partial charge is 0.368 e. The van der Waals surface area contributed by atoms with Crippen molar-refractivity contribution in [2.45, 2.75) is 12.3 Å². The lowest BCUT2D eigenvalue weighted by molar-refractivity contribution is -0.391. The van der Waals surface area contributed by atoms with Gasteiger partial charge in [0.2, 0.25) is 5.65 Å². The summed E-state index contributed by atoms with van der Waals surface area (Å²) < 4.78 is 6.19. The van der Waals surface area contributed by atoms with E-state index in [9.17, 15) is 14.9 Å². The SMILES string of the molecule is COC(=O)C1CC(c2ccccc2)CN(c2ccc3ncc([N+](=O)[O-])n3n2)C1. The molecule has 3 heterocycles. The maximum Gasteiger partial charge on any atom is 0.368 e. The Kier molecular flexibility index (Phi) is 4.64. The molecule has 0 bridgehead atoms. The van der Waals surface area contributed by atoms with Crippen molar-refractivity contribution in [3.05, 3.63) is 64.3 Å². The minimum Gasteiger partial charge on any atom is -0.469 e. The maximum absolute atomic E-state index is 12.3. The lowest BCUT2D eigenvalue weighted by Crippen LogP contribution is -2.43. The Morgan fingerprint density at radius 3 is 2.71 bits per heavy atom. The number of hydrogen-bond acceptors (Lipinski definition) is 7. The van der Waals surface area contributed by atoms with Crippen LogP contribution in [0.25, 0.3) is 5.65 Å². The first-order chi connectivity index (χ1) is 13.6. The first-order valence-corrected chi connectivity index (χ1v) is 8.93. The molecule has 0 spiro atoms. The Labute approximate surface area is 160 Å². The molecule has 1 aliphatic heterocycles. The van der Waals surface area contributed by atoms with Gasteiger partial charge < -0.3 is 19.8 Å². The predicted octanol–water partition coefficient (Wildman–Crippen LogP) is 2.42. The Bertz CT molecular complexity index is 1020. The molecule has 2 atom stereocenters. The number of anilines is 1. The van der Waals surface area contributed by atoms with E-state index in [4.69, 9.17) is 4.74 Å². The van der Waals surface area contributed by atoms with Crippen LogP contribution in [0, 0.1) is 16.0 Å². The van der Waals surface area contributed by atoms with Crippen LogP contribution in [0.1, 0.15) is 17.9 Å². The van der Waals surface area contributed by atoms with Gasteiger partial charge >= 0.3 is 11.8 Å². The summed E-state index contributed by atoms with van der Waals surface area (Å²) >= 11 is 0. The minimum atomic E-state index is -0.517. The number of fused-ring (bicyclic) bond motifs is 1. The highest BCUT2D eigenvalue weighted by Gasteiger charge is 2.34. The summed E-state index contributed by atoms with van der Waals surface area (Å²) in [6, 6.07) is 13.4. The third kappa shape index (κ3) is 3.26. The molecule has 1 saturated heterocycles. The first kappa shape index (κ1) is 17.9. The van der Waals surface area contributed by atoms with Crippen molar-refractivity contribution in [3.63, 3.8) is 0 Å². The fourth-order valence-corrected chi connectivity index (χ4v) is 3.73. The van der Waals surface area contributed by atoms with E-state index in [2.05, 4.69) is 10.1 Å². The van der Waals surface area contributed by atoms with Crippen LogP contribution in [0.2, 0.25) is 0 Å². The van der Waals surface area contributed by atoms with Crippen LogP contribution < -0.4 is 4.90 Å². The molecule has 9 nitrogen and oxygen atoms in total. The van der Waals surface area contributed by atoms with Crippen molar-refractivity contribution in [1.82, 2.24) is 14.6 Å². The fourth-order valence-electron chi connectivity index (χ4n) is 3.73. The molecular formula is C19H19N5O4. The zero-order chi connectivity index (χ0) is 19.7. The van der Waals surface area contributed by atoms with Gasteiger partial charge in [0.1, 0.15) is 6.20 Å². The van der Waals surface area contributed by atoms with Crippen LogP contribution in [-0.4, -0.2) is 45.7 Å². The molecule has 1 fully saturated rings. The van der Waals surface area contributed by atoms with Gasteiger partial charge in [0.15, 0.2) is 5.82 Å². The predicted molar refractivity (Wildman–Crippen MR) is 101 cm³/mol. The van der Waals surface area contributed by atoms with Crippen molar-refractivity contribution in [2.75, 3.05) is 25.1 Å². The summed E-state index contributed by atoms with van der Waals surface area (Å²) in [5.74, 6) is -0.0880. The van der Waals surface area contributed by atoms with Crippen LogP contribution in [-0.2, 0) is 9.53 Å². The van der Waals surface area contributed by atoms with Gasteiger partial charge in [-0.05, 0) is 23.0 Å². The van der Waals surface area contributed by atoms with E-state index in [0.29, 0.717) is 31.0 Å². The van der Waals surface area contributed by atoms with E-state index in [0.717, 1.165) is 5.56 Å². The van der Waals surface area contributed by atoms with Crippen LogP contribution in [0.3, 0.4) is 0 Å². The van der Waals surface area contributed by atoms with E-state index in [1.54, 1.807) is 12.1 Å². The van der Waals surface area contributed by atoms with Crippen LogP contribution in [0.5, 0.6) is 0 Å². The Balaban J connectivity index is 1.70. The molecule has 0 amide bonds. The second-order valence-electron chi connectivity index (χ2n) is 6.80. The summed E-state index contributed by atoms with van der Waals surface area (Å²) in [7, 11) is 1.39. The van der Waals surface area contributed by atoms with Crippen LogP contribution >= 0.6 is 0 Å². The van der Waals surface area contributed by atoms with Gasteiger partial charge in [-0.2, -0.15) is 0 Å². The highest BCUT2D eigenvalue weighted by Crippen LogP contribution is 2.33. The summed E-state index contributed by atoms with van der Waals surface area (Å²) in [5.41, 5.74) is 1.53. The van der Waals surface area contributed by atoms with Gasteiger partial charge in [0, 0.05) is 25.1 Å². The summed E-state index contributed by atoms with van der Waals surface area (Å²) in [6.45, 7) is 1.09. The minimum absolute atomic E-state index is 0.120. The van der Waals surface area contributed by atoms with E-state index in [1.807, 2.05) is 35.2 Å². The Morgan fingerprint density at radius 1 is 1.21 bits per heavy atom. The molecule has 1 aromatic carbocycles. The molecule has 0 radical (unpaired) electrons. The molecule has 2 aromatic heterocycles. The number of hydrogen-bond donors (Lipinski definition) is 0. The fraction of sp³-hybridized carbons (Fsp3) is 0.316.